The van der Waals surface area contributed by atoms with Crippen LogP contribution in [0.1, 0.15) is 20.3 Å². The number of hydrogen-bond donors (Lipinski definition) is 1. The number of amides is 1. The molecule has 19 heavy (non-hydrogen) atoms. The first kappa shape index (κ1) is 13.7. The maximum absolute atomic E-state index is 11.9. The Labute approximate surface area is 118 Å². The van der Waals surface area contributed by atoms with Crippen molar-refractivity contribution in [2.24, 2.45) is 5.92 Å². The fourth-order valence-corrected chi connectivity index (χ4v) is 2.06. The standard InChI is InChI=1S/C15H17ClN2O/c1-11(2)9-15(19)17-13-6-5-12(16)10-14(13)18-7-3-4-8-18/h3-8,10-11H,9H2,1-2H3,(H,17,19). The van der Waals surface area contributed by atoms with Gasteiger partial charge in [-0.3, -0.25) is 4.79 Å². The fourth-order valence-electron chi connectivity index (χ4n) is 1.89. The van der Waals surface area contributed by atoms with Gasteiger partial charge in [-0.25, -0.2) is 0 Å². The summed E-state index contributed by atoms with van der Waals surface area (Å²) in [6.07, 6.45) is 4.35. The molecule has 2 aromatic rings. The van der Waals surface area contributed by atoms with Crippen LogP contribution in [0.25, 0.3) is 5.69 Å². The molecule has 0 aliphatic heterocycles. The van der Waals surface area contributed by atoms with E-state index in [4.69, 9.17) is 11.6 Å². The Morgan fingerprint density at radius 2 is 2.00 bits per heavy atom. The van der Waals surface area contributed by atoms with Crippen molar-refractivity contribution in [3.8, 4) is 5.69 Å². The summed E-state index contributed by atoms with van der Waals surface area (Å²) in [5.41, 5.74) is 1.64. The number of carbonyl (C=O) groups is 1. The molecule has 0 bridgehead atoms. The number of nitrogens with one attached hydrogen (secondary N) is 1. The van der Waals surface area contributed by atoms with Gasteiger partial charge in [0.05, 0.1) is 11.4 Å². The van der Waals surface area contributed by atoms with Crippen molar-refractivity contribution in [1.29, 1.82) is 0 Å². The number of hydrogen-bond acceptors (Lipinski definition) is 1. The van der Waals surface area contributed by atoms with Crippen molar-refractivity contribution in [3.63, 3.8) is 0 Å². The van der Waals surface area contributed by atoms with Crippen LogP contribution in [0.4, 0.5) is 5.69 Å². The van der Waals surface area contributed by atoms with Gasteiger partial charge >= 0.3 is 0 Å². The van der Waals surface area contributed by atoms with E-state index in [0.29, 0.717) is 17.4 Å². The van der Waals surface area contributed by atoms with Gasteiger partial charge in [-0.1, -0.05) is 25.4 Å². The summed E-state index contributed by atoms with van der Waals surface area (Å²) >= 11 is 6.03. The molecular formula is C15H17ClN2O. The van der Waals surface area contributed by atoms with Gasteiger partial charge in [0.1, 0.15) is 0 Å². The van der Waals surface area contributed by atoms with Gasteiger partial charge in [0.15, 0.2) is 0 Å². The van der Waals surface area contributed by atoms with Crippen LogP contribution in [0.5, 0.6) is 0 Å². The van der Waals surface area contributed by atoms with Gasteiger partial charge in [-0.05, 0) is 36.2 Å². The fraction of sp³-hybridized carbons (Fsp3) is 0.267. The molecule has 0 fully saturated rings. The van der Waals surface area contributed by atoms with Crippen LogP contribution in [0.15, 0.2) is 42.7 Å². The van der Waals surface area contributed by atoms with E-state index >= 15 is 0 Å². The van der Waals surface area contributed by atoms with Crippen LogP contribution in [-0.4, -0.2) is 10.5 Å². The zero-order valence-electron chi connectivity index (χ0n) is 11.1. The average molecular weight is 277 g/mol. The summed E-state index contributed by atoms with van der Waals surface area (Å²) in [6.45, 7) is 4.04. The molecule has 1 aromatic heterocycles. The van der Waals surface area contributed by atoms with Gasteiger partial charge < -0.3 is 9.88 Å². The SMILES string of the molecule is CC(C)CC(=O)Nc1ccc(Cl)cc1-n1cccc1. The third kappa shape index (κ3) is 3.61. The molecular weight excluding hydrogens is 260 g/mol. The number of anilines is 1. The van der Waals surface area contributed by atoms with E-state index in [9.17, 15) is 4.79 Å². The molecule has 2 rings (SSSR count). The summed E-state index contributed by atoms with van der Waals surface area (Å²) in [5.74, 6) is 0.355. The first-order valence-corrected chi connectivity index (χ1v) is 6.67. The molecule has 0 aliphatic carbocycles. The zero-order valence-corrected chi connectivity index (χ0v) is 11.8. The van der Waals surface area contributed by atoms with Crippen molar-refractivity contribution in [2.45, 2.75) is 20.3 Å². The molecule has 100 valence electrons. The topological polar surface area (TPSA) is 34.0 Å². The van der Waals surface area contributed by atoms with E-state index in [2.05, 4.69) is 5.32 Å². The molecule has 1 amide bonds. The summed E-state index contributed by atoms with van der Waals surface area (Å²) in [7, 11) is 0. The molecule has 1 N–H and O–H groups in total. The van der Waals surface area contributed by atoms with Gasteiger partial charge in [-0.2, -0.15) is 0 Å². The third-order valence-electron chi connectivity index (χ3n) is 2.71. The lowest BCUT2D eigenvalue weighted by atomic mass is 10.1. The van der Waals surface area contributed by atoms with E-state index in [1.54, 1.807) is 6.07 Å². The number of halogens is 1. The first-order valence-electron chi connectivity index (χ1n) is 6.29. The maximum atomic E-state index is 11.9. The molecule has 0 unspecified atom stereocenters. The van der Waals surface area contributed by atoms with Crippen LogP contribution in [-0.2, 0) is 4.79 Å². The molecule has 0 saturated heterocycles. The van der Waals surface area contributed by atoms with Crippen LogP contribution < -0.4 is 5.32 Å². The van der Waals surface area contributed by atoms with E-state index in [1.165, 1.54) is 0 Å². The Balaban J connectivity index is 2.28. The number of carbonyl (C=O) groups excluding carboxylic acids is 1. The van der Waals surface area contributed by atoms with E-state index < -0.39 is 0 Å². The highest BCUT2D eigenvalue weighted by molar-refractivity contribution is 6.30. The van der Waals surface area contributed by atoms with Gasteiger partial charge in [0, 0.05) is 23.8 Å². The molecule has 0 saturated carbocycles. The molecule has 1 aromatic carbocycles. The highest BCUT2D eigenvalue weighted by Gasteiger charge is 2.10. The lowest BCUT2D eigenvalue weighted by Crippen LogP contribution is -2.15. The summed E-state index contributed by atoms with van der Waals surface area (Å²) in [5, 5.41) is 3.58. The first-order chi connectivity index (χ1) is 9.06. The van der Waals surface area contributed by atoms with Crippen molar-refractivity contribution < 1.29 is 4.79 Å². The van der Waals surface area contributed by atoms with Crippen LogP contribution in [0.3, 0.4) is 0 Å². The second-order valence-electron chi connectivity index (χ2n) is 4.90. The number of nitrogens with zero attached hydrogens (tertiary/aromatic N) is 1. The predicted octanol–water partition coefficient (Wildman–Crippen LogP) is 4.12. The van der Waals surface area contributed by atoms with Gasteiger partial charge in [0.2, 0.25) is 5.91 Å². The van der Waals surface area contributed by atoms with E-state index in [1.807, 2.05) is 55.1 Å². The number of benzene rings is 1. The molecule has 0 atom stereocenters. The van der Waals surface area contributed by atoms with Crippen LogP contribution in [0, 0.1) is 5.92 Å². The molecule has 0 aliphatic rings. The molecule has 3 nitrogen and oxygen atoms in total. The maximum Gasteiger partial charge on any atom is 0.224 e. The zero-order chi connectivity index (χ0) is 13.8. The van der Waals surface area contributed by atoms with Crippen molar-refractivity contribution in [2.75, 3.05) is 5.32 Å². The number of rotatable bonds is 4. The molecule has 0 radical (unpaired) electrons. The quantitative estimate of drug-likeness (QED) is 0.896. The molecule has 4 heteroatoms. The highest BCUT2D eigenvalue weighted by atomic mass is 35.5. The molecule has 1 heterocycles. The summed E-state index contributed by atoms with van der Waals surface area (Å²) < 4.78 is 1.93. The second kappa shape index (κ2) is 5.93. The summed E-state index contributed by atoms with van der Waals surface area (Å²) in [4.78, 5) is 11.9. The monoisotopic (exact) mass is 276 g/mol. The largest absolute Gasteiger partial charge is 0.324 e. The lowest BCUT2D eigenvalue weighted by Gasteiger charge is -2.13. The Morgan fingerprint density at radius 3 is 2.63 bits per heavy atom. The van der Waals surface area contributed by atoms with Crippen LogP contribution >= 0.6 is 11.6 Å². The van der Waals surface area contributed by atoms with Crippen LogP contribution in [0.2, 0.25) is 5.02 Å². The normalized spacial score (nSPS) is 10.7. The van der Waals surface area contributed by atoms with Crippen molar-refractivity contribution in [3.05, 3.63) is 47.7 Å². The Hall–Kier alpha value is -1.74. The minimum absolute atomic E-state index is 0.0192. The van der Waals surface area contributed by atoms with Crippen molar-refractivity contribution >= 4 is 23.2 Å². The Bertz CT molecular complexity index is 562. The summed E-state index contributed by atoms with van der Waals surface area (Å²) in [6, 6.07) is 9.31. The Morgan fingerprint density at radius 1 is 1.32 bits per heavy atom. The van der Waals surface area contributed by atoms with Gasteiger partial charge in [-0.15, -0.1) is 0 Å². The lowest BCUT2D eigenvalue weighted by molar-refractivity contribution is -0.116. The predicted molar refractivity (Wildman–Crippen MR) is 78.9 cm³/mol. The highest BCUT2D eigenvalue weighted by Crippen LogP contribution is 2.25. The van der Waals surface area contributed by atoms with Gasteiger partial charge in [0.25, 0.3) is 0 Å². The smallest absolute Gasteiger partial charge is 0.224 e. The minimum Gasteiger partial charge on any atom is -0.324 e. The van der Waals surface area contributed by atoms with E-state index in [-0.39, 0.29) is 5.91 Å². The molecule has 0 spiro atoms. The third-order valence-corrected chi connectivity index (χ3v) is 2.95. The second-order valence-corrected chi connectivity index (χ2v) is 5.33. The van der Waals surface area contributed by atoms with E-state index in [0.717, 1.165) is 11.4 Å². The Kier molecular flexibility index (Phi) is 4.27. The average Bonchev–Trinajstić information content (AvgIpc) is 2.83. The minimum atomic E-state index is 0.0192. The van der Waals surface area contributed by atoms with Crippen molar-refractivity contribution in [1.82, 2.24) is 4.57 Å². The number of aromatic nitrogens is 1.